The zero-order valence-electron chi connectivity index (χ0n) is 17.7. The SMILES string of the molecule is CCC.CCOC(C)(C)c1nc2cc(NC)ccc2n1CCCCOC. The average molecular weight is 364 g/mol. The highest BCUT2D eigenvalue weighted by Crippen LogP contribution is 2.29. The van der Waals surface area contributed by atoms with Crippen molar-refractivity contribution in [2.24, 2.45) is 0 Å². The predicted molar refractivity (Wildman–Crippen MR) is 111 cm³/mol. The summed E-state index contributed by atoms with van der Waals surface area (Å²) in [6, 6.07) is 6.32. The first-order valence-electron chi connectivity index (χ1n) is 9.76. The third-order valence-electron chi connectivity index (χ3n) is 4.06. The van der Waals surface area contributed by atoms with Gasteiger partial charge >= 0.3 is 0 Å². The zero-order chi connectivity index (χ0) is 19.6. The van der Waals surface area contributed by atoms with Gasteiger partial charge in [0.1, 0.15) is 11.4 Å². The number of nitrogens with one attached hydrogen (secondary N) is 1. The van der Waals surface area contributed by atoms with Crippen LogP contribution in [0.25, 0.3) is 11.0 Å². The maximum atomic E-state index is 5.95. The summed E-state index contributed by atoms with van der Waals surface area (Å²) in [5.41, 5.74) is 2.83. The number of benzene rings is 1. The Kier molecular flexibility index (Phi) is 9.66. The Morgan fingerprint density at radius 2 is 1.85 bits per heavy atom. The Morgan fingerprint density at radius 3 is 2.42 bits per heavy atom. The molecule has 0 radical (unpaired) electrons. The fraction of sp³-hybridized carbons (Fsp3) is 0.667. The van der Waals surface area contributed by atoms with Crippen LogP contribution in [0.2, 0.25) is 0 Å². The molecule has 0 unspecified atom stereocenters. The molecular formula is C21H37N3O2. The van der Waals surface area contributed by atoms with Crippen molar-refractivity contribution in [1.29, 1.82) is 0 Å². The van der Waals surface area contributed by atoms with Crippen LogP contribution in [-0.4, -0.2) is 36.9 Å². The van der Waals surface area contributed by atoms with Gasteiger partial charge in [0, 0.05) is 39.6 Å². The van der Waals surface area contributed by atoms with Crippen molar-refractivity contribution in [3.05, 3.63) is 24.0 Å². The maximum absolute atomic E-state index is 5.95. The number of anilines is 1. The average Bonchev–Trinajstić information content (AvgIpc) is 2.98. The molecule has 2 aromatic rings. The van der Waals surface area contributed by atoms with E-state index in [0.717, 1.165) is 48.5 Å². The van der Waals surface area contributed by atoms with E-state index in [1.807, 2.05) is 14.0 Å². The van der Waals surface area contributed by atoms with Crippen LogP contribution in [0.4, 0.5) is 5.69 Å². The predicted octanol–water partition coefficient (Wildman–Crippen LogP) is 5.19. The highest BCUT2D eigenvalue weighted by Gasteiger charge is 2.28. The van der Waals surface area contributed by atoms with Crippen LogP contribution in [0.15, 0.2) is 18.2 Å². The van der Waals surface area contributed by atoms with Gasteiger partial charge in [-0.3, -0.25) is 0 Å². The smallest absolute Gasteiger partial charge is 0.141 e. The molecule has 1 aromatic heterocycles. The van der Waals surface area contributed by atoms with E-state index in [9.17, 15) is 0 Å². The number of rotatable bonds is 9. The molecule has 0 spiro atoms. The first kappa shape index (κ1) is 22.5. The second-order valence-corrected chi connectivity index (χ2v) is 6.89. The minimum absolute atomic E-state index is 0.408. The van der Waals surface area contributed by atoms with Crippen molar-refractivity contribution in [3.8, 4) is 0 Å². The minimum atomic E-state index is -0.408. The summed E-state index contributed by atoms with van der Waals surface area (Å²) in [7, 11) is 3.67. The molecule has 0 atom stereocenters. The monoisotopic (exact) mass is 363 g/mol. The summed E-state index contributed by atoms with van der Waals surface area (Å²) in [6.07, 6.45) is 3.35. The Bertz CT molecular complexity index is 650. The molecule has 0 saturated heterocycles. The van der Waals surface area contributed by atoms with Crippen molar-refractivity contribution in [2.45, 2.75) is 66.0 Å². The number of unbranched alkanes of at least 4 members (excludes halogenated alkanes) is 1. The summed E-state index contributed by atoms with van der Waals surface area (Å²) >= 11 is 0. The fourth-order valence-corrected chi connectivity index (χ4v) is 2.91. The van der Waals surface area contributed by atoms with E-state index < -0.39 is 5.60 Å². The lowest BCUT2D eigenvalue weighted by atomic mass is 10.1. The lowest BCUT2D eigenvalue weighted by molar-refractivity contribution is -0.0230. The number of methoxy groups -OCH3 is 1. The van der Waals surface area contributed by atoms with Crippen molar-refractivity contribution >= 4 is 16.7 Å². The van der Waals surface area contributed by atoms with Crippen LogP contribution >= 0.6 is 0 Å². The molecule has 0 aliphatic rings. The Labute approximate surface area is 159 Å². The number of nitrogens with zero attached hydrogens (tertiary/aromatic N) is 2. The van der Waals surface area contributed by atoms with Crippen LogP contribution in [0.3, 0.4) is 0 Å². The summed E-state index contributed by atoms with van der Waals surface area (Å²) in [4.78, 5) is 4.88. The Hall–Kier alpha value is -1.59. The van der Waals surface area contributed by atoms with Gasteiger partial charge in [-0.05, 0) is 51.8 Å². The summed E-state index contributed by atoms with van der Waals surface area (Å²) < 4.78 is 13.4. The molecule has 26 heavy (non-hydrogen) atoms. The topological polar surface area (TPSA) is 48.3 Å². The maximum Gasteiger partial charge on any atom is 0.141 e. The molecule has 0 aliphatic heterocycles. The van der Waals surface area contributed by atoms with Gasteiger partial charge in [-0.2, -0.15) is 0 Å². The van der Waals surface area contributed by atoms with Gasteiger partial charge in [-0.1, -0.05) is 20.3 Å². The molecule has 148 valence electrons. The molecule has 2 rings (SSSR count). The Morgan fingerprint density at radius 1 is 1.15 bits per heavy atom. The van der Waals surface area contributed by atoms with Crippen molar-refractivity contribution in [1.82, 2.24) is 9.55 Å². The summed E-state index contributed by atoms with van der Waals surface area (Å²) in [5, 5.41) is 3.17. The van der Waals surface area contributed by atoms with Gasteiger partial charge in [0.05, 0.1) is 11.0 Å². The molecule has 0 bridgehead atoms. The van der Waals surface area contributed by atoms with Crippen molar-refractivity contribution < 1.29 is 9.47 Å². The molecule has 1 heterocycles. The molecule has 0 amide bonds. The van der Waals surface area contributed by atoms with Gasteiger partial charge in [-0.25, -0.2) is 4.98 Å². The lowest BCUT2D eigenvalue weighted by Crippen LogP contribution is -2.26. The quantitative estimate of drug-likeness (QED) is 0.623. The van der Waals surface area contributed by atoms with Crippen LogP contribution in [0, 0.1) is 0 Å². The van der Waals surface area contributed by atoms with Crippen molar-refractivity contribution in [2.75, 3.05) is 32.7 Å². The van der Waals surface area contributed by atoms with Crippen LogP contribution in [0.1, 0.15) is 59.7 Å². The van der Waals surface area contributed by atoms with Crippen LogP contribution in [0.5, 0.6) is 0 Å². The minimum Gasteiger partial charge on any atom is -0.388 e. The second-order valence-electron chi connectivity index (χ2n) is 6.89. The third kappa shape index (κ3) is 5.99. The van der Waals surface area contributed by atoms with Crippen molar-refractivity contribution in [3.63, 3.8) is 0 Å². The molecule has 1 N–H and O–H groups in total. The number of aryl methyl sites for hydroxylation is 1. The standard InChI is InChI=1S/C18H29N3O2.C3H8/c1-6-23-18(2,3)17-20-15-13-14(19-4)9-10-16(15)21(17)11-7-8-12-22-5;1-3-2/h9-10,13,19H,6-8,11-12H2,1-5H3;3H2,1-2H3. The van der Waals surface area contributed by atoms with E-state index in [4.69, 9.17) is 14.5 Å². The van der Waals surface area contributed by atoms with Gasteiger partial charge < -0.3 is 19.4 Å². The van der Waals surface area contributed by atoms with E-state index in [1.165, 1.54) is 6.42 Å². The van der Waals surface area contributed by atoms with E-state index in [-0.39, 0.29) is 0 Å². The number of aromatic nitrogens is 2. The first-order chi connectivity index (χ1) is 12.4. The molecule has 0 fully saturated rings. The molecular weight excluding hydrogens is 326 g/mol. The Balaban J connectivity index is 0.00000105. The van der Waals surface area contributed by atoms with E-state index >= 15 is 0 Å². The first-order valence-corrected chi connectivity index (χ1v) is 9.76. The number of hydrogen-bond donors (Lipinski definition) is 1. The summed E-state index contributed by atoms with van der Waals surface area (Å²) in [5.74, 6) is 0.986. The molecule has 0 saturated carbocycles. The molecule has 5 nitrogen and oxygen atoms in total. The number of fused-ring (bicyclic) bond motifs is 1. The fourth-order valence-electron chi connectivity index (χ4n) is 2.91. The second kappa shape index (κ2) is 11.2. The highest BCUT2D eigenvalue weighted by atomic mass is 16.5. The number of ether oxygens (including phenoxy) is 2. The lowest BCUT2D eigenvalue weighted by Gasteiger charge is -2.25. The summed E-state index contributed by atoms with van der Waals surface area (Å²) in [6.45, 7) is 12.8. The highest BCUT2D eigenvalue weighted by molar-refractivity contribution is 5.80. The van der Waals surface area contributed by atoms with Gasteiger partial charge in [0.2, 0.25) is 0 Å². The van der Waals surface area contributed by atoms with E-state index in [0.29, 0.717) is 6.61 Å². The molecule has 1 aromatic carbocycles. The van der Waals surface area contributed by atoms with E-state index in [1.54, 1.807) is 7.11 Å². The number of hydrogen-bond acceptors (Lipinski definition) is 4. The number of imidazole rings is 1. The molecule has 0 aliphatic carbocycles. The van der Waals surface area contributed by atoms with Crippen LogP contribution in [-0.2, 0) is 21.6 Å². The van der Waals surface area contributed by atoms with Crippen LogP contribution < -0.4 is 5.32 Å². The zero-order valence-corrected chi connectivity index (χ0v) is 17.7. The normalized spacial score (nSPS) is 11.3. The largest absolute Gasteiger partial charge is 0.388 e. The third-order valence-corrected chi connectivity index (χ3v) is 4.06. The molecule has 5 heteroatoms. The van der Waals surface area contributed by atoms with Gasteiger partial charge in [-0.15, -0.1) is 0 Å². The van der Waals surface area contributed by atoms with E-state index in [2.05, 4.69) is 55.8 Å². The van der Waals surface area contributed by atoms with Gasteiger partial charge in [0.25, 0.3) is 0 Å². The van der Waals surface area contributed by atoms with Gasteiger partial charge in [0.15, 0.2) is 0 Å².